The van der Waals surface area contributed by atoms with E-state index in [0.29, 0.717) is 17.5 Å². The molecule has 0 N–H and O–H groups in total. The van der Waals surface area contributed by atoms with Gasteiger partial charge in [-0.2, -0.15) is 0 Å². The van der Waals surface area contributed by atoms with Crippen LogP contribution in [-0.2, 0) is 0 Å². The zero-order valence-electron chi connectivity index (χ0n) is 24.9. The Morgan fingerprint density at radius 1 is 0.289 bits per heavy atom. The SMILES string of the molecule is Bc1ccc(-c2ccc(-c3ccc(-c4nc(-c5ccccc5)nc(-c5ccccc5)n4)cc3)c3ccccc23)c2ccccc12. The van der Waals surface area contributed by atoms with Crippen molar-refractivity contribution in [3.63, 3.8) is 0 Å². The molecular weight excluding hydrogens is 545 g/mol. The van der Waals surface area contributed by atoms with Crippen LogP contribution in [0, 0.1) is 0 Å². The lowest BCUT2D eigenvalue weighted by Gasteiger charge is -2.15. The first-order valence-electron chi connectivity index (χ1n) is 15.2. The van der Waals surface area contributed by atoms with Crippen molar-refractivity contribution in [1.29, 1.82) is 0 Å². The zero-order chi connectivity index (χ0) is 30.2. The van der Waals surface area contributed by atoms with Crippen LogP contribution in [0.1, 0.15) is 0 Å². The third-order valence-corrected chi connectivity index (χ3v) is 8.51. The highest BCUT2D eigenvalue weighted by Crippen LogP contribution is 2.38. The summed E-state index contributed by atoms with van der Waals surface area (Å²) in [6, 6.07) is 55.1. The monoisotopic (exact) mass is 573 g/mol. The molecule has 45 heavy (non-hydrogen) atoms. The largest absolute Gasteiger partial charge is 0.208 e. The summed E-state index contributed by atoms with van der Waals surface area (Å²) in [5.41, 5.74) is 9.01. The van der Waals surface area contributed by atoms with Crippen LogP contribution >= 0.6 is 0 Å². The minimum atomic E-state index is 0.653. The second-order valence-corrected chi connectivity index (χ2v) is 11.3. The maximum absolute atomic E-state index is 4.91. The van der Waals surface area contributed by atoms with Gasteiger partial charge in [-0.3, -0.25) is 0 Å². The van der Waals surface area contributed by atoms with E-state index >= 15 is 0 Å². The fourth-order valence-electron chi connectivity index (χ4n) is 6.21. The molecule has 1 aromatic heterocycles. The van der Waals surface area contributed by atoms with Crippen molar-refractivity contribution in [2.24, 2.45) is 0 Å². The van der Waals surface area contributed by atoms with Crippen LogP contribution in [0.2, 0.25) is 0 Å². The second kappa shape index (κ2) is 11.3. The standard InChI is InChI=1S/C41H28BN3/c42-38-26-25-36(34-17-9-10-18-37(34)38)35-24-23-31(32-15-7-8-16-33(32)35)27-19-21-30(22-20-27)41-44-39(28-11-3-1-4-12-28)43-40(45-41)29-13-5-2-6-14-29/h1-26H,42H2. The molecule has 0 aliphatic heterocycles. The van der Waals surface area contributed by atoms with Crippen molar-refractivity contribution in [2.75, 3.05) is 0 Å². The number of aromatic nitrogens is 3. The van der Waals surface area contributed by atoms with E-state index in [1.807, 2.05) is 60.7 Å². The van der Waals surface area contributed by atoms with Gasteiger partial charge >= 0.3 is 0 Å². The number of rotatable bonds is 5. The zero-order valence-corrected chi connectivity index (χ0v) is 24.9. The number of hydrogen-bond donors (Lipinski definition) is 0. The smallest absolute Gasteiger partial charge is 0.164 e. The molecule has 0 fully saturated rings. The highest BCUT2D eigenvalue weighted by Gasteiger charge is 2.15. The Morgan fingerprint density at radius 3 is 1.18 bits per heavy atom. The lowest BCUT2D eigenvalue weighted by molar-refractivity contribution is 1.07. The van der Waals surface area contributed by atoms with Crippen LogP contribution in [0.4, 0.5) is 0 Å². The number of hydrogen-bond acceptors (Lipinski definition) is 3. The Bertz CT molecular complexity index is 2260. The molecule has 8 rings (SSSR count). The third kappa shape index (κ3) is 4.97. The molecule has 210 valence electrons. The van der Waals surface area contributed by atoms with E-state index in [9.17, 15) is 0 Å². The first-order chi connectivity index (χ1) is 22.2. The van der Waals surface area contributed by atoms with Gasteiger partial charge in [0.1, 0.15) is 7.85 Å². The Morgan fingerprint density at radius 2 is 0.644 bits per heavy atom. The van der Waals surface area contributed by atoms with Gasteiger partial charge in [0.25, 0.3) is 0 Å². The first kappa shape index (κ1) is 26.7. The van der Waals surface area contributed by atoms with Crippen LogP contribution in [0.5, 0.6) is 0 Å². The second-order valence-electron chi connectivity index (χ2n) is 11.3. The molecule has 4 heteroatoms. The fourth-order valence-corrected chi connectivity index (χ4v) is 6.21. The molecule has 1 heterocycles. The van der Waals surface area contributed by atoms with Gasteiger partial charge in [0.05, 0.1) is 0 Å². The number of fused-ring (bicyclic) bond motifs is 2. The predicted octanol–water partition coefficient (Wildman–Crippen LogP) is 8.77. The van der Waals surface area contributed by atoms with E-state index in [-0.39, 0.29) is 0 Å². The molecule has 0 atom stereocenters. The molecular formula is C41H28BN3. The van der Waals surface area contributed by atoms with Gasteiger partial charge < -0.3 is 0 Å². The van der Waals surface area contributed by atoms with Crippen LogP contribution in [0.3, 0.4) is 0 Å². The molecule has 0 radical (unpaired) electrons. The molecule has 3 nitrogen and oxygen atoms in total. The minimum absolute atomic E-state index is 0.653. The van der Waals surface area contributed by atoms with Crippen molar-refractivity contribution in [3.8, 4) is 56.4 Å². The van der Waals surface area contributed by atoms with Crippen molar-refractivity contribution >= 4 is 34.9 Å². The van der Waals surface area contributed by atoms with Gasteiger partial charge in [0, 0.05) is 16.7 Å². The summed E-state index contributed by atoms with van der Waals surface area (Å²) in [6.45, 7) is 0. The molecule has 0 spiro atoms. The summed E-state index contributed by atoms with van der Waals surface area (Å²) in [7, 11) is 2.18. The van der Waals surface area contributed by atoms with Crippen LogP contribution in [-0.4, -0.2) is 22.8 Å². The summed E-state index contributed by atoms with van der Waals surface area (Å²) in [5.74, 6) is 1.98. The molecule has 0 bridgehead atoms. The molecule has 0 amide bonds. The minimum Gasteiger partial charge on any atom is -0.208 e. The molecule has 0 unspecified atom stereocenters. The van der Waals surface area contributed by atoms with E-state index in [2.05, 4.69) is 105 Å². The quantitative estimate of drug-likeness (QED) is 0.193. The highest BCUT2D eigenvalue weighted by molar-refractivity contribution is 6.39. The van der Waals surface area contributed by atoms with Gasteiger partial charge in [-0.1, -0.05) is 163 Å². The summed E-state index contributed by atoms with van der Waals surface area (Å²) in [5, 5.41) is 5.04. The normalized spacial score (nSPS) is 11.2. The van der Waals surface area contributed by atoms with Crippen molar-refractivity contribution in [3.05, 3.63) is 158 Å². The fraction of sp³-hybridized carbons (Fsp3) is 0. The topological polar surface area (TPSA) is 38.7 Å². The summed E-state index contributed by atoms with van der Waals surface area (Å²) >= 11 is 0. The third-order valence-electron chi connectivity index (χ3n) is 8.51. The molecule has 0 saturated heterocycles. The molecule has 0 aliphatic rings. The summed E-state index contributed by atoms with van der Waals surface area (Å²) in [6.07, 6.45) is 0. The van der Waals surface area contributed by atoms with Gasteiger partial charge in [0.2, 0.25) is 0 Å². The average Bonchev–Trinajstić information content (AvgIpc) is 3.12. The highest BCUT2D eigenvalue weighted by atomic mass is 15.0. The van der Waals surface area contributed by atoms with E-state index in [1.54, 1.807) is 0 Å². The molecule has 7 aromatic carbocycles. The average molecular weight is 574 g/mol. The number of nitrogens with zero attached hydrogens (tertiary/aromatic N) is 3. The molecule has 0 saturated carbocycles. The van der Waals surface area contributed by atoms with E-state index < -0.39 is 0 Å². The summed E-state index contributed by atoms with van der Waals surface area (Å²) < 4.78 is 0. The van der Waals surface area contributed by atoms with E-state index in [4.69, 9.17) is 15.0 Å². The number of benzene rings is 7. The van der Waals surface area contributed by atoms with Crippen molar-refractivity contribution < 1.29 is 0 Å². The molecule has 8 aromatic rings. The lowest BCUT2D eigenvalue weighted by Crippen LogP contribution is -2.03. The van der Waals surface area contributed by atoms with Gasteiger partial charge in [0.15, 0.2) is 17.5 Å². The van der Waals surface area contributed by atoms with E-state index in [0.717, 1.165) is 22.3 Å². The molecule has 0 aliphatic carbocycles. The maximum Gasteiger partial charge on any atom is 0.164 e. The van der Waals surface area contributed by atoms with Crippen LogP contribution in [0.25, 0.3) is 78.0 Å². The van der Waals surface area contributed by atoms with Crippen LogP contribution in [0.15, 0.2) is 158 Å². The summed E-state index contributed by atoms with van der Waals surface area (Å²) in [4.78, 5) is 14.6. The Balaban J connectivity index is 1.22. The van der Waals surface area contributed by atoms with Crippen molar-refractivity contribution in [1.82, 2.24) is 15.0 Å². The predicted molar refractivity (Wildman–Crippen MR) is 190 cm³/mol. The van der Waals surface area contributed by atoms with Crippen molar-refractivity contribution in [2.45, 2.75) is 0 Å². The Kier molecular flexibility index (Phi) is 6.73. The lowest BCUT2D eigenvalue weighted by atomic mass is 9.85. The van der Waals surface area contributed by atoms with E-state index in [1.165, 1.54) is 43.7 Å². The van der Waals surface area contributed by atoms with Gasteiger partial charge in [-0.15, -0.1) is 0 Å². The van der Waals surface area contributed by atoms with Gasteiger partial charge in [-0.05, 0) is 43.8 Å². The Hall–Kier alpha value is -5.87. The maximum atomic E-state index is 4.91. The van der Waals surface area contributed by atoms with Gasteiger partial charge in [-0.25, -0.2) is 15.0 Å². The van der Waals surface area contributed by atoms with Crippen LogP contribution < -0.4 is 5.46 Å². The first-order valence-corrected chi connectivity index (χ1v) is 15.2. The Labute approximate surface area is 263 Å².